The third-order valence-electron chi connectivity index (χ3n) is 6.59. The average molecular weight is 573 g/mol. The zero-order valence-electron chi connectivity index (χ0n) is 23.2. The van der Waals surface area contributed by atoms with Crippen LogP contribution < -0.4 is 0 Å². The molecule has 1 saturated heterocycles. The summed E-state index contributed by atoms with van der Waals surface area (Å²) in [6.07, 6.45) is 1.43. The molecule has 2 rings (SSSR count). The van der Waals surface area contributed by atoms with E-state index < -0.39 is 24.1 Å². The first-order chi connectivity index (χ1) is 18.6. The first-order valence-corrected chi connectivity index (χ1v) is 13.6. The van der Waals surface area contributed by atoms with Crippen molar-refractivity contribution in [1.29, 1.82) is 0 Å². The molecular weight excluding hydrogens is 531 g/mol. The molecule has 39 heavy (non-hydrogen) atoms. The maximum absolute atomic E-state index is 13.6. The number of aliphatic hydroxyl groups is 2. The van der Waals surface area contributed by atoms with E-state index in [4.69, 9.17) is 25.8 Å². The smallest absolute Gasteiger partial charge is 0.248 e. The predicted molar refractivity (Wildman–Crippen MR) is 147 cm³/mol. The molecule has 0 radical (unpaired) electrons. The van der Waals surface area contributed by atoms with Gasteiger partial charge in [0.15, 0.2) is 0 Å². The number of rotatable bonds is 7. The van der Waals surface area contributed by atoms with Crippen molar-refractivity contribution in [2.24, 2.45) is 5.92 Å². The van der Waals surface area contributed by atoms with Crippen LogP contribution in [0.3, 0.4) is 0 Å². The third kappa shape index (κ3) is 10.8. The van der Waals surface area contributed by atoms with Gasteiger partial charge in [-0.3, -0.25) is 9.59 Å². The number of amides is 2. The fourth-order valence-corrected chi connectivity index (χ4v) is 4.76. The molecule has 4 atom stereocenters. The van der Waals surface area contributed by atoms with Gasteiger partial charge in [-0.25, -0.2) is 4.39 Å². The molecule has 1 aromatic carbocycles. The number of hydrogen-bond donors (Lipinski definition) is 2. The Bertz CT molecular complexity index is 948. The van der Waals surface area contributed by atoms with Gasteiger partial charge < -0.3 is 34.2 Å². The Morgan fingerprint density at radius 2 is 1.97 bits per heavy atom. The van der Waals surface area contributed by atoms with E-state index in [0.717, 1.165) is 0 Å². The Labute approximate surface area is 235 Å². The van der Waals surface area contributed by atoms with E-state index in [1.165, 1.54) is 43.4 Å². The molecule has 220 valence electrons. The van der Waals surface area contributed by atoms with Crippen molar-refractivity contribution < 1.29 is 38.4 Å². The van der Waals surface area contributed by atoms with Gasteiger partial charge in [0.05, 0.1) is 11.6 Å². The number of nitrogens with zero attached hydrogens (tertiary/aromatic N) is 2. The first kappa shape index (κ1) is 33.1. The van der Waals surface area contributed by atoms with Crippen molar-refractivity contribution in [3.63, 3.8) is 0 Å². The fourth-order valence-electron chi connectivity index (χ4n) is 4.53. The minimum absolute atomic E-state index is 0.0193. The van der Waals surface area contributed by atoms with Gasteiger partial charge in [-0.1, -0.05) is 31.5 Å². The zero-order valence-corrected chi connectivity index (χ0v) is 24.0. The van der Waals surface area contributed by atoms with Crippen LogP contribution in [0.25, 0.3) is 6.08 Å². The molecule has 9 nitrogen and oxygen atoms in total. The molecule has 1 heterocycles. The highest BCUT2D eigenvalue weighted by Gasteiger charge is 2.33. The highest BCUT2D eigenvalue weighted by atomic mass is 35.5. The summed E-state index contributed by atoms with van der Waals surface area (Å²) in [6.45, 7) is 4.70. The largest absolute Gasteiger partial charge is 0.388 e. The molecule has 1 fully saturated rings. The van der Waals surface area contributed by atoms with Gasteiger partial charge in [-0.15, -0.1) is 0 Å². The van der Waals surface area contributed by atoms with Gasteiger partial charge in [0.25, 0.3) is 0 Å². The van der Waals surface area contributed by atoms with E-state index in [1.807, 2.05) is 13.8 Å². The average Bonchev–Trinajstić information content (AvgIpc) is 2.88. The molecule has 0 saturated carbocycles. The Balaban J connectivity index is 2.43. The van der Waals surface area contributed by atoms with E-state index in [2.05, 4.69) is 0 Å². The van der Waals surface area contributed by atoms with Gasteiger partial charge in [-0.2, -0.15) is 0 Å². The second-order valence-electron chi connectivity index (χ2n) is 10.2. The molecule has 0 aromatic heterocycles. The number of aliphatic hydroxyl groups excluding tert-OH is 2. The maximum atomic E-state index is 13.6. The van der Waals surface area contributed by atoms with Crippen LogP contribution in [0.2, 0.25) is 5.02 Å². The SMILES string of the molecule is COCC(=O)N1C[C@H](CC(C)C)N(C(=O)/C=C/c2ccc(F)cc2Cl)CCCCOC[C@@H](O)[C@@H](O)[C@H](OC)C1. The molecular formula is C28H42ClFN2O7. The lowest BCUT2D eigenvalue weighted by Crippen LogP contribution is -2.54. The lowest BCUT2D eigenvalue weighted by molar-refractivity contribution is -0.145. The lowest BCUT2D eigenvalue weighted by Gasteiger charge is -2.38. The summed E-state index contributed by atoms with van der Waals surface area (Å²) < 4.78 is 29.6. The van der Waals surface area contributed by atoms with Gasteiger partial charge in [-0.05, 0) is 49.0 Å². The van der Waals surface area contributed by atoms with Gasteiger partial charge in [0, 0.05) is 52.6 Å². The molecule has 0 unspecified atom stereocenters. The summed E-state index contributed by atoms with van der Waals surface area (Å²) in [4.78, 5) is 29.9. The second-order valence-corrected chi connectivity index (χ2v) is 10.6. The molecule has 11 heteroatoms. The number of benzene rings is 1. The van der Waals surface area contributed by atoms with Crippen molar-refractivity contribution >= 4 is 29.5 Å². The Hall–Kier alpha value is -2.08. The van der Waals surface area contributed by atoms with Gasteiger partial charge in [0.2, 0.25) is 11.8 Å². The van der Waals surface area contributed by atoms with Crippen molar-refractivity contribution in [2.45, 2.75) is 57.5 Å². The van der Waals surface area contributed by atoms with E-state index in [0.29, 0.717) is 38.0 Å². The Morgan fingerprint density at radius 3 is 2.62 bits per heavy atom. The van der Waals surface area contributed by atoms with Crippen molar-refractivity contribution in [1.82, 2.24) is 9.80 Å². The third-order valence-corrected chi connectivity index (χ3v) is 6.92. The van der Waals surface area contributed by atoms with Crippen LogP contribution in [0.4, 0.5) is 4.39 Å². The van der Waals surface area contributed by atoms with E-state index >= 15 is 0 Å². The number of ether oxygens (including phenoxy) is 3. The maximum Gasteiger partial charge on any atom is 0.248 e. The molecule has 1 aromatic rings. The van der Waals surface area contributed by atoms with E-state index in [1.54, 1.807) is 11.0 Å². The summed E-state index contributed by atoms with van der Waals surface area (Å²) >= 11 is 6.14. The number of carbonyl (C=O) groups excluding carboxylic acids is 2. The van der Waals surface area contributed by atoms with Crippen molar-refractivity contribution in [2.75, 3.05) is 53.7 Å². The van der Waals surface area contributed by atoms with Crippen LogP contribution >= 0.6 is 11.6 Å². The summed E-state index contributed by atoms with van der Waals surface area (Å²) in [6, 6.07) is 3.60. The molecule has 0 bridgehead atoms. The summed E-state index contributed by atoms with van der Waals surface area (Å²) in [5.41, 5.74) is 0.509. The van der Waals surface area contributed by atoms with Crippen LogP contribution in [0.1, 0.15) is 38.7 Å². The van der Waals surface area contributed by atoms with Crippen LogP contribution in [-0.4, -0.2) is 110 Å². The first-order valence-electron chi connectivity index (χ1n) is 13.2. The number of carbonyl (C=O) groups is 2. The highest BCUT2D eigenvalue weighted by Crippen LogP contribution is 2.21. The number of methoxy groups -OCH3 is 2. The monoisotopic (exact) mass is 572 g/mol. The molecule has 0 spiro atoms. The summed E-state index contributed by atoms with van der Waals surface area (Å²) in [7, 11) is 2.81. The Kier molecular flexibility index (Phi) is 14.3. The van der Waals surface area contributed by atoms with Gasteiger partial charge >= 0.3 is 0 Å². The fraction of sp³-hybridized carbons (Fsp3) is 0.643. The standard InChI is InChI=1S/C28H42ClFN2O7/c1-19(2)13-22-15-31(27(35)18-37-3)16-25(38-4)28(36)24(33)17-39-12-6-5-11-32(22)26(34)10-8-20-7-9-21(30)14-23(20)29/h7-10,14,19,22,24-25,28,33,36H,5-6,11-13,15-18H2,1-4H3/b10-8+/t22-,24+,25+,28+/m0/s1. The quantitative estimate of drug-likeness (QED) is 0.484. The zero-order chi connectivity index (χ0) is 28.9. The van der Waals surface area contributed by atoms with E-state index in [-0.39, 0.29) is 55.1 Å². The van der Waals surface area contributed by atoms with Crippen molar-refractivity contribution in [3.8, 4) is 0 Å². The molecule has 1 aliphatic rings. The van der Waals surface area contributed by atoms with E-state index in [9.17, 15) is 24.2 Å². The molecule has 0 aliphatic carbocycles. The van der Waals surface area contributed by atoms with Crippen molar-refractivity contribution in [3.05, 3.63) is 40.7 Å². The normalized spacial score (nSPS) is 24.2. The number of halogens is 2. The Morgan fingerprint density at radius 1 is 1.23 bits per heavy atom. The minimum atomic E-state index is -1.29. The molecule has 1 aliphatic heterocycles. The van der Waals surface area contributed by atoms with Crippen LogP contribution in [0.5, 0.6) is 0 Å². The molecule has 2 N–H and O–H groups in total. The molecule has 2 amide bonds. The highest BCUT2D eigenvalue weighted by molar-refractivity contribution is 6.32. The topological polar surface area (TPSA) is 109 Å². The second kappa shape index (κ2) is 16.9. The number of hydrogen-bond acceptors (Lipinski definition) is 7. The lowest BCUT2D eigenvalue weighted by atomic mass is 10.00. The minimum Gasteiger partial charge on any atom is -0.388 e. The van der Waals surface area contributed by atoms with Crippen LogP contribution in [0.15, 0.2) is 24.3 Å². The van der Waals surface area contributed by atoms with Crippen LogP contribution in [0, 0.1) is 11.7 Å². The van der Waals surface area contributed by atoms with Crippen LogP contribution in [-0.2, 0) is 23.8 Å². The van der Waals surface area contributed by atoms with Gasteiger partial charge in [0.1, 0.15) is 30.7 Å². The predicted octanol–water partition coefficient (Wildman–Crippen LogP) is 2.76. The summed E-state index contributed by atoms with van der Waals surface area (Å²) in [5.74, 6) is -0.871. The summed E-state index contributed by atoms with van der Waals surface area (Å²) in [5, 5.41) is 21.3.